The SMILES string of the molecule is O=C([O-])C[C@H](N=c1[nH]c(=Nc2ccc(/C=C/c3ccc(N=c4nc([O-])[nH]c(=Nc5cc(S(=O)(=O)[O-])ccc5S(=O)(=O)[O-])[nH]4)cc3S(=O)(=O)O)c(S(=O)(=O)[O-])c2)[nH]c(=Nc2cc(S(=O)(=O)[O-])ccc2S(=O)(=O)[O-])[nH]1)C(=O)[O-].[Na+].[Na+].[Na+].[Na+].[Na+].[Na+].[Na+].[Na+]. The van der Waals surface area contributed by atoms with Crippen LogP contribution in [0.4, 0.5) is 22.7 Å². The van der Waals surface area contributed by atoms with E-state index in [0.29, 0.717) is 48.5 Å². The largest absolute Gasteiger partial charge is 1.00 e. The van der Waals surface area contributed by atoms with E-state index in [4.69, 9.17) is 0 Å². The monoisotopic (exact) mass is 1350 g/mol. The van der Waals surface area contributed by atoms with Crippen molar-refractivity contribution < 1.29 is 339 Å². The van der Waals surface area contributed by atoms with Crippen LogP contribution in [0, 0.1) is 0 Å². The first-order valence-electron chi connectivity index (χ1n) is 19.4. The third kappa shape index (κ3) is 25.5. The van der Waals surface area contributed by atoms with Crippen LogP contribution >= 0.6 is 0 Å². The van der Waals surface area contributed by atoms with Gasteiger partial charge in [0.05, 0.1) is 65.2 Å². The summed E-state index contributed by atoms with van der Waals surface area (Å²) in [6.07, 6.45) is 0.420. The number of hydrogen-bond acceptors (Lipinski definition) is 28. The maximum atomic E-state index is 12.6. The molecule has 0 spiro atoms. The number of hydrogen-bond donors (Lipinski definition) is 6. The molecule has 0 saturated heterocycles. The van der Waals surface area contributed by atoms with Crippen LogP contribution in [0.25, 0.3) is 12.2 Å². The van der Waals surface area contributed by atoms with Gasteiger partial charge in [0, 0.05) is 12.4 Å². The summed E-state index contributed by atoms with van der Waals surface area (Å²) in [7, 11) is -32.2. The summed E-state index contributed by atoms with van der Waals surface area (Å²) < 4.78 is 214. The smallest absolute Gasteiger partial charge is 0.846 e. The van der Waals surface area contributed by atoms with Gasteiger partial charge in [-0.1, -0.05) is 24.3 Å². The molecule has 0 unspecified atom stereocenters. The topological polar surface area (TPSA) is 597 Å². The van der Waals surface area contributed by atoms with Crippen LogP contribution in [0.15, 0.2) is 127 Å². The number of H-pyrrole nitrogens is 5. The van der Waals surface area contributed by atoms with Gasteiger partial charge in [0.1, 0.15) is 55.5 Å². The van der Waals surface area contributed by atoms with Gasteiger partial charge in [0.2, 0.25) is 28.1 Å². The van der Waals surface area contributed by atoms with Gasteiger partial charge in [0.15, 0.2) is 0 Å². The minimum atomic E-state index is -5.54. The van der Waals surface area contributed by atoms with Crippen molar-refractivity contribution in [2.75, 3.05) is 0 Å². The predicted molar refractivity (Wildman–Crippen MR) is 231 cm³/mol. The number of aromatic amines is 5. The second kappa shape index (κ2) is 35.6. The third-order valence-corrected chi connectivity index (χ3v) is 14.4. The third-order valence-electron chi connectivity index (χ3n) is 9.19. The zero-order valence-electron chi connectivity index (χ0n) is 44.4. The maximum absolute atomic E-state index is 12.6. The first-order valence-corrected chi connectivity index (χ1v) is 27.9. The Morgan fingerprint density at radius 2 is 0.881 bits per heavy atom. The van der Waals surface area contributed by atoms with Crippen LogP contribution in [-0.2, 0) is 70.3 Å². The summed E-state index contributed by atoms with van der Waals surface area (Å²) in [5.74, 6) is -4.04. The molecule has 1 atom stereocenters. The van der Waals surface area contributed by atoms with E-state index in [1.807, 2.05) is 4.98 Å². The second-order valence-corrected chi connectivity index (χ2v) is 22.7. The molecular formula is C36H23N11Na8O23S6. The van der Waals surface area contributed by atoms with Gasteiger partial charge in [-0.15, -0.1) is 0 Å². The molecule has 2 heterocycles. The number of rotatable bonds is 16. The zero-order valence-corrected chi connectivity index (χ0v) is 65.3. The van der Waals surface area contributed by atoms with Gasteiger partial charge in [-0.05, 0) is 71.8 Å². The summed E-state index contributed by atoms with van der Waals surface area (Å²) in [6, 6.07) is 4.27. The van der Waals surface area contributed by atoms with Gasteiger partial charge in [-0.25, -0.2) is 72.0 Å². The van der Waals surface area contributed by atoms with Gasteiger partial charge < -0.3 is 52.7 Å². The molecule has 4 aromatic carbocycles. The standard InChI is InChI=1S/C36H31N11O23S6.8Na/c48-29(49)15-24(30(50)51)41-34-43-31(42-33(45-34)39-22-13-20(71(53,54)55)7-9-25(22)73(59,60)61)37-18-5-3-16(27(11-18)75(65,66)67)1-2-17-4-6-19(12-28(17)76(68,69)70)38-32-44-35(47-36(52)46-32)40-23-14-21(72(56,57)58)8-10-26(23)74(62,63)64;;;;;;;;/h1-14,24H,15H2,(H,48,49)(H,50,51)(H,53,54,55)(H,56,57,58)(H,59,60,61)(H,62,63,64)(H,65,66,67)(H,68,69,70)(H3,37,39,41,42,43,45)(H3,38,40,44,46,47,52);;;;;;;;/q;8*+1/p-8/b2-1+;;;;;;;;/t24-;;;;;;;;/m0......../s1. The minimum Gasteiger partial charge on any atom is -0.846 e. The van der Waals surface area contributed by atoms with E-state index in [1.54, 1.807) is 0 Å². The number of carbonyl (C=O) groups is 2. The second-order valence-electron chi connectivity index (χ2n) is 14.5. The molecular weight excluding hydrogens is 1330 g/mol. The molecule has 0 amide bonds. The number of carboxylic acid groups (broad SMARTS) is 2. The normalized spacial score (nSPS) is 13.2. The van der Waals surface area contributed by atoms with Crippen molar-refractivity contribution >= 4 is 108 Å². The molecule has 84 heavy (non-hydrogen) atoms. The molecule has 0 aliphatic rings. The Balaban J connectivity index is -0.00000820. The quantitative estimate of drug-likeness (QED) is 0.0298. The molecule has 2 aromatic heterocycles. The van der Waals surface area contributed by atoms with Gasteiger partial charge >= 0.3 is 236 Å². The molecule has 6 N–H and O–H groups in total. The van der Waals surface area contributed by atoms with Gasteiger partial charge in [-0.2, -0.15) is 8.42 Å². The minimum absolute atomic E-state index is 0. The molecule has 0 aliphatic carbocycles. The first-order chi connectivity index (χ1) is 34.9. The number of aromatic nitrogens is 6. The summed E-state index contributed by atoms with van der Waals surface area (Å²) in [5.41, 5.74) is -7.63. The van der Waals surface area contributed by atoms with Gasteiger partial charge in [0.25, 0.3) is 10.1 Å². The molecule has 0 radical (unpaired) electrons. The van der Waals surface area contributed by atoms with E-state index in [0.717, 1.165) is 36.4 Å². The maximum Gasteiger partial charge on any atom is 1.00 e. The van der Waals surface area contributed by atoms with E-state index in [2.05, 4.69) is 49.9 Å². The molecule has 34 nitrogen and oxygen atoms in total. The van der Waals surface area contributed by atoms with Crippen LogP contribution in [0.1, 0.15) is 17.5 Å². The zero-order chi connectivity index (χ0) is 56.5. The van der Waals surface area contributed by atoms with Crippen LogP contribution in [-0.4, -0.2) is 126 Å². The molecule has 0 saturated carbocycles. The Morgan fingerprint density at radius 3 is 1.29 bits per heavy atom. The average molecular weight is 1350 g/mol. The number of carboxylic acids is 2. The Morgan fingerprint density at radius 1 is 0.488 bits per heavy atom. The van der Waals surface area contributed by atoms with E-state index in [-0.39, 0.29) is 236 Å². The summed E-state index contributed by atoms with van der Waals surface area (Å²) in [5, 5.41) is 35.3. The number of benzene rings is 4. The van der Waals surface area contributed by atoms with E-state index in [1.165, 1.54) is 0 Å². The van der Waals surface area contributed by atoms with E-state index in [9.17, 15) is 103 Å². The Kier molecular flexibility index (Phi) is 37.3. The Hall–Kier alpha value is -0.160. The fourth-order valence-corrected chi connectivity index (χ4v) is 9.64. The Labute approximate surface area is 650 Å². The van der Waals surface area contributed by atoms with Crippen molar-refractivity contribution in [2.45, 2.75) is 41.8 Å². The van der Waals surface area contributed by atoms with Crippen LogP contribution in [0.3, 0.4) is 0 Å². The van der Waals surface area contributed by atoms with E-state index < -0.39 is 182 Å². The average Bonchev–Trinajstić information content (AvgIpc) is 3.26. The molecule has 404 valence electrons. The number of aliphatic carboxylic acids is 2. The summed E-state index contributed by atoms with van der Waals surface area (Å²) >= 11 is 0. The molecule has 0 aliphatic heterocycles. The van der Waals surface area contributed by atoms with Crippen molar-refractivity contribution in [3.8, 4) is 6.01 Å². The first kappa shape index (κ1) is 88.0. The molecule has 0 fully saturated rings. The van der Waals surface area contributed by atoms with Crippen LogP contribution in [0.5, 0.6) is 6.01 Å². The Bertz CT molecular complexity index is 4580. The molecule has 48 heteroatoms. The number of nitrogens with one attached hydrogen (secondary N) is 5. The van der Waals surface area contributed by atoms with E-state index >= 15 is 0 Å². The van der Waals surface area contributed by atoms with Crippen molar-refractivity contribution in [3.05, 3.63) is 112 Å². The predicted octanol–water partition coefficient (Wildman–Crippen LogP) is -30.1. The van der Waals surface area contributed by atoms with Crippen LogP contribution < -0.4 is 280 Å². The molecule has 6 aromatic rings. The van der Waals surface area contributed by atoms with Crippen molar-refractivity contribution in [1.29, 1.82) is 0 Å². The van der Waals surface area contributed by atoms with Crippen LogP contribution in [0.2, 0.25) is 0 Å². The number of carbonyl (C=O) groups excluding carboxylic acids is 2. The van der Waals surface area contributed by atoms with Crippen molar-refractivity contribution in [3.63, 3.8) is 0 Å². The fraction of sp³-hybridized carbons (Fsp3) is 0.0556. The summed E-state index contributed by atoms with van der Waals surface area (Å²) in [4.78, 5) is 49.9. The van der Waals surface area contributed by atoms with Gasteiger partial charge in [-0.3, -0.25) is 24.5 Å². The van der Waals surface area contributed by atoms with Crippen molar-refractivity contribution in [1.82, 2.24) is 29.9 Å². The van der Waals surface area contributed by atoms with Crippen molar-refractivity contribution in [2.24, 2.45) is 25.0 Å². The molecule has 6 rings (SSSR count). The summed E-state index contributed by atoms with van der Waals surface area (Å²) in [6.45, 7) is 0. The fourth-order valence-electron chi connectivity index (χ4n) is 6.08. The molecule has 0 bridgehead atoms. The number of nitrogens with zero attached hydrogens (tertiary/aromatic N) is 6.